The molecule has 1 rings (SSSR count). The molecule has 17 heavy (non-hydrogen) atoms. The summed E-state index contributed by atoms with van der Waals surface area (Å²) in [6, 6.07) is 5.05. The maximum absolute atomic E-state index is 11.5. The molecule has 0 aromatic heterocycles. The van der Waals surface area contributed by atoms with E-state index in [1.54, 1.807) is 12.1 Å². The highest BCUT2D eigenvalue weighted by molar-refractivity contribution is 9.10. The molecule has 0 saturated carbocycles. The van der Waals surface area contributed by atoms with E-state index in [-0.39, 0.29) is 6.04 Å². The van der Waals surface area contributed by atoms with Crippen LogP contribution in [-0.2, 0) is 4.79 Å². The van der Waals surface area contributed by atoms with Gasteiger partial charge in [-0.2, -0.15) is 0 Å². The van der Waals surface area contributed by atoms with Crippen molar-refractivity contribution in [1.29, 1.82) is 0 Å². The Kier molecular flexibility index (Phi) is 5.43. The van der Waals surface area contributed by atoms with Crippen molar-refractivity contribution >= 4 is 33.4 Å². The standard InChI is InChI=1S/C12H16BrClN2O/c1-3-7(2)16-11(12(15)17)9-5-4-8(13)6-10(9)14/h4-7,11,16H,3H2,1-2H3,(H2,15,17). The van der Waals surface area contributed by atoms with E-state index >= 15 is 0 Å². The lowest BCUT2D eigenvalue weighted by Crippen LogP contribution is -2.38. The summed E-state index contributed by atoms with van der Waals surface area (Å²) >= 11 is 9.44. The Morgan fingerprint density at radius 1 is 1.59 bits per heavy atom. The largest absolute Gasteiger partial charge is 0.368 e. The molecular formula is C12H16BrClN2O. The Bertz CT molecular complexity index is 411. The fourth-order valence-electron chi connectivity index (χ4n) is 1.46. The maximum atomic E-state index is 11.5. The van der Waals surface area contributed by atoms with Crippen LogP contribution in [0.1, 0.15) is 31.9 Å². The van der Waals surface area contributed by atoms with Gasteiger partial charge in [0.05, 0.1) is 0 Å². The molecule has 3 nitrogen and oxygen atoms in total. The Hall–Kier alpha value is -0.580. The van der Waals surface area contributed by atoms with E-state index in [0.717, 1.165) is 10.9 Å². The molecule has 0 bridgehead atoms. The van der Waals surface area contributed by atoms with Crippen LogP contribution in [0.5, 0.6) is 0 Å². The first-order chi connectivity index (χ1) is 7.95. The third kappa shape index (κ3) is 3.98. The normalized spacial score (nSPS) is 14.4. The molecule has 2 unspecified atom stereocenters. The molecular weight excluding hydrogens is 304 g/mol. The van der Waals surface area contributed by atoms with Crippen LogP contribution in [0.15, 0.2) is 22.7 Å². The Morgan fingerprint density at radius 3 is 2.71 bits per heavy atom. The number of halogens is 2. The molecule has 0 spiro atoms. The van der Waals surface area contributed by atoms with Crippen molar-refractivity contribution < 1.29 is 4.79 Å². The van der Waals surface area contributed by atoms with E-state index in [9.17, 15) is 4.79 Å². The molecule has 0 heterocycles. The van der Waals surface area contributed by atoms with Crippen LogP contribution < -0.4 is 11.1 Å². The van der Waals surface area contributed by atoms with E-state index in [0.29, 0.717) is 10.6 Å². The molecule has 94 valence electrons. The van der Waals surface area contributed by atoms with Crippen LogP contribution in [0.2, 0.25) is 5.02 Å². The summed E-state index contributed by atoms with van der Waals surface area (Å²) in [5.41, 5.74) is 6.12. The van der Waals surface area contributed by atoms with Crippen molar-refractivity contribution in [2.24, 2.45) is 5.73 Å². The van der Waals surface area contributed by atoms with Crippen LogP contribution in [0.4, 0.5) is 0 Å². The summed E-state index contributed by atoms with van der Waals surface area (Å²) in [6.07, 6.45) is 0.915. The molecule has 1 aromatic rings. The van der Waals surface area contributed by atoms with E-state index in [1.807, 2.05) is 19.9 Å². The van der Waals surface area contributed by atoms with Gasteiger partial charge in [0.1, 0.15) is 6.04 Å². The van der Waals surface area contributed by atoms with Gasteiger partial charge < -0.3 is 5.73 Å². The van der Waals surface area contributed by atoms with Crippen LogP contribution in [0.25, 0.3) is 0 Å². The number of benzene rings is 1. The molecule has 3 N–H and O–H groups in total. The predicted molar refractivity (Wildman–Crippen MR) is 74.0 cm³/mol. The Balaban J connectivity index is 3.01. The molecule has 1 aromatic carbocycles. The van der Waals surface area contributed by atoms with Gasteiger partial charge >= 0.3 is 0 Å². The van der Waals surface area contributed by atoms with Gasteiger partial charge in [-0.3, -0.25) is 10.1 Å². The van der Waals surface area contributed by atoms with Crippen LogP contribution in [0, 0.1) is 0 Å². The number of carbonyl (C=O) groups excluding carboxylic acids is 1. The third-order valence-electron chi connectivity index (χ3n) is 2.62. The molecule has 0 saturated heterocycles. The Labute approximate surface area is 115 Å². The minimum Gasteiger partial charge on any atom is -0.368 e. The van der Waals surface area contributed by atoms with Crippen molar-refractivity contribution in [2.75, 3.05) is 0 Å². The average molecular weight is 320 g/mol. The summed E-state index contributed by atoms with van der Waals surface area (Å²) in [7, 11) is 0. The van der Waals surface area contributed by atoms with Crippen molar-refractivity contribution in [3.63, 3.8) is 0 Å². The number of carbonyl (C=O) groups is 1. The monoisotopic (exact) mass is 318 g/mol. The smallest absolute Gasteiger partial charge is 0.239 e. The molecule has 1 amide bonds. The van der Waals surface area contributed by atoms with Gasteiger partial charge in [-0.15, -0.1) is 0 Å². The van der Waals surface area contributed by atoms with E-state index in [2.05, 4.69) is 21.2 Å². The van der Waals surface area contributed by atoms with Crippen molar-refractivity contribution in [3.8, 4) is 0 Å². The highest BCUT2D eigenvalue weighted by atomic mass is 79.9. The van der Waals surface area contributed by atoms with E-state index in [1.165, 1.54) is 0 Å². The van der Waals surface area contributed by atoms with E-state index in [4.69, 9.17) is 17.3 Å². The molecule has 2 atom stereocenters. The predicted octanol–water partition coefficient (Wildman–Crippen LogP) is 3.02. The third-order valence-corrected chi connectivity index (χ3v) is 3.44. The molecule has 0 radical (unpaired) electrons. The average Bonchev–Trinajstić information content (AvgIpc) is 2.26. The minimum atomic E-state index is -0.550. The first kappa shape index (κ1) is 14.5. The lowest BCUT2D eigenvalue weighted by atomic mass is 10.0. The summed E-state index contributed by atoms with van der Waals surface area (Å²) in [6.45, 7) is 4.04. The lowest BCUT2D eigenvalue weighted by Gasteiger charge is -2.21. The Morgan fingerprint density at radius 2 is 2.24 bits per heavy atom. The fraction of sp³-hybridized carbons (Fsp3) is 0.417. The highest BCUT2D eigenvalue weighted by Gasteiger charge is 2.21. The second kappa shape index (κ2) is 6.38. The van der Waals surface area contributed by atoms with Crippen LogP contribution in [0.3, 0.4) is 0 Å². The number of rotatable bonds is 5. The molecule has 0 aliphatic rings. The van der Waals surface area contributed by atoms with Gasteiger partial charge in [0, 0.05) is 15.5 Å². The second-order valence-electron chi connectivity index (χ2n) is 3.98. The van der Waals surface area contributed by atoms with Gasteiger partial charge in [-0.05, 0) is 31.0 Å². The molecule has 0 fully saturated rings. The van der Waals surface area contributed by atoms with Crippen molar-refractivity contribution in [2.45, 2.75) is 32.4 Å². The zero-order valence-electron chi connectivity index (χ0n) is 9.84. The van der Waals surface area contributed by atoms with Gasteiger partial charge in [0.2, 0.25) is 5.91 Å². The topological polar surface area (TPSA) is 55.1 Å². The van der Waals surface area contributed by atoms with Crippen LogP contribution >= 0.6 is 27.5 Å². The van der Waals surface area contributed by atoms with Gasteiger partial charge in [0.25, 0.3) is 0 Å². The molecule has 0 aliphatic carbocycles. The number of hydrogen-bond donors (Lipinski definition) is 2. The number of hydrogen-bond acceptors (Lipinski definition) is 2. The van der Waals surface area contributed by atoms with E-state index < -0.39 is 11.9 Å². The van der Waals surface area contributed by atoms with Crippen LogP contribution in [-0.4, -0.2) is 11.9 Å². The fourth-order valence-corrected chi connectivity index (χ4v) is 2.25. The van der Waals surface area contributed by atoms with Gasteiger partial charge in [-0.1, -0.05) is 40.5 Å². The number of amides is 1. The SMILES string of the molecule is CCC(C)NC(C(N)=O)c1ccc(Br)cc1Cl. The summed E-state index contributed by atoms with van der Waals surface area (Å²) in [4.78, 5) is 11.5. The number of primary amides is 1. The quantitative estimate of drug-likeness (QED) is 0.876. The van der Waals surface area contributed by atoms with Gasteiger partial charge in [0.15, 0.2) is 0 Å². The maximum Gasteiger partial charge on any atom is 0.239 e. The first-order valence-corrected chi connectivity index (χ1v) is 6.63. The summed E-state index contributed by atoms with van der Waals surface area (Å²) in [5, 5.41) is 3.70. The second-order valence-corrected chi connectivity index (χ2v) is 5.30. The number of nitrogens with two attached hydrogens (primary N) is 1. The zero-order chi connectivity index (χ0) is 13.0. The summed E-state index contributed by atoms with van der Waals surface area (Å²) in [5.74, 6) is -0.422. The molecule has 0 aliphatic heterocycles. The zero-order valence-corrected chi connectivity index (χ0v) is 12.2. The van der Waals surface area contributed by atoms with Gasteiger partial charge in [-0.25, -0.2) is 0 Å². The molecule has 5 heteroatoms. The summed E-state index contributed by atoms with van der Waals surface area (Å²) < 4.78 is 0.873. The number of nitrogens with one attached hydrogen (secondary N) is 1. The van der Waals surface area contributed by atoms with Crippen molar-refractivity contribution in [3.05, 3.63) is 33.3 Å². The van der Waals surface area contributed by atoms with Crippen molar-refractivity contribution in [1.82, 2.24) is 5.32 Å². The minimum absolute atomic E-state index is 0.201. The lowest BCUT2D eigenvalue weighted by molar-refractivity contribution is -0.120. The highest BCUT2D eigenvalue weighted by Crippen LogP contribution is 2.26. The first-order valence-electron chi connectivity index (χ1n) is 5.46.